The van der Waals surface area contributed by atoms with Gasteiger partial charge in [0.15, 0.2) is 6.61 Å². The number of ether oxygens (including phenoxy) is 1. The van der Waals surface area contributed by atoms with E-state index in [0.717, 1.165) is 25.9 Å². The number of carbonyl (C=O) groups is 2. The predicted octanol–water partition coefficient (Wildman–Crippen LogP) is 2.15. The lowest BCUT2D eigenvalue weighted by atomic mass is 10.2. The number of esters is 1. The van der Waals surface area contributed by atoms with Crippen LogP contribution in [0.15, 0.2) is 24.3 Å². The molecule has 1 aromatic rings. The third kappa shape index (κ3) is 5.83. The van der Waals surface area contributed by atoms with Crippen LogP contribution >= 0.6 is 24.0 Å². The van der Waals surface area contributed by atoms with Crippen LogP contribution in [0.1, 0.15) is 18.4 Å². The molecule has 126 valence electrons. The maximum absolute atomic E-state index is 11.7. The molecule has 24 heavy (non-hydrogen) atoms. The molecule has 0 aliphatic carbocycles. The van der Waals surface area contributed by atoms with Crippen LogP contribution in [0, 0.1) is 11.3 Å². The van der Waals surface area contributed by atoms with Crippen LogP contribution in [0.4, 0.5) is 5.69 Å². The number of thiocarbonyl (C=S) groups is 1. The fourth-order valence-electron chi connectivity index (χ4n) is 2.12. The van der Waals surface area contributed by atoms with Gasteiger partial charge in [-0.3, -0.25) is 9.59 Å². The minimum Gasteiger partial charge on any atom is -0.455 e. The second kappa shape index (κ2) is 9.25. The van der Waals surface area contributed by atoms with Crippen molar-refractivity contribution < 1.29 is 14.3 Å². The number of hydrogen-bond acceptors (Lipinski definition) is 6. The second-order valence-electron chi connectivity index (χ2n) is 5.15. The highest BCUT2D eigenvalue weighted by Gasteiger charge is 2.17. The SMILES string of the molecule is N#Cc1ccc(NC(=O)COC(=O)CSC(=S)N2CCCC2)cc1. The first-order valence-corrected chi connectivity index (χ1v) is 8.85. The van der Waals surface area contributed by atoms with Gasteiger partial charge in [0.25, 0.3) is 5.91 Å². The zero-order valence-corrected chi connectivity index (χ0v) is 14.6. The third-order valence-electron chi connectivity index (χ3n) is 3.34. The van der Waals surface area contributed by atoms with Gasteiger partial charge in [0.1, 0.15) is 4.32 Å². The molecule has 0 saturated carbocycles. The molecule has 1 N–H and O–H groups in total. The van der Waals surface area contributed by atoms with Gasteiger partial charge in [-0.05, 0) is 37.1 Å². The zero-order chi connectivity index (χ0) is 17.4. The monoisotopic (exact) mass is 363 g/mol. The fourth-order valence-corrected chi connectivity index (χ4v) is 3.17. The van der Waals surface area contributed by atoms with Gasteiger partial charge in [-0.1, -0.05) is 24.0 Å². The Bertz CT molecular complexity index is 650. The van der Waals surface area contributed by atoms with Gasteiger partial charge >= 0.3 is 5.97 Å². The Balaban J connectivity index is 1.66. The molecule has 0 aromatic heterocycles. The molecule has 1 aliphatic heterocycles. The normalized spacial score (nSPS) is 13.2. The van der Waals surface area contributed by atoms with Crippen molar-refractivity contribution in [1.82, 2.24) is 4.90 Å². The lowest BCUT2D eigenvalue weighted by molar-refractivity contribution is -0.144. The molecule has 0 spiro atoms. The first-order valence-electron chi connectivity index (χ1n) is 7.46. The lowest BCUT2D eigenvalue weighted by Crippen LogP contribution is -2.25. The van der Waals surface area contributed by atoms with Crippen LogP contribution < -0.4 is 5.32 Å². The van der Waals surface area contributed by atoms with Crippen LogP contribution in [0.25, 0.3) is 0 Å². The number of benzene rings is 1. The summed E-state index contributed by atoms with van der Waals surface area (Å²) in [6.07, 6.45) is 2.25. The molecule has 6 nitrogen and oxygen atoms in total. The van der Waals surface area contributed by atoms with Gasteiger partial charge in [-0.25, -0.2) is 0 Å². The Hall–Kier alpha value is -2.11. The summed E-state index contributed by atoms with van der Waals surface area (Å²) in [6, 6.07) is 8.41. The Morgan fingerprint density at radius 3 is 2.58 bits per heavy atom. The topological polar surface area (TPSA) is 82.4 Å². The highest BCUT2D eigenvalue weighted by Crippen LogP contribution is 2.16. The molecule has 1 fully saturated rings. The Kier molecular flexibility index (Phi) is 7.03. The van der Waals surface area contributed by atoms with Crippen molar-refractivity contribution in [3.63, 3.8) is 0 Å². The van der Waals surface area contributed by atoms with Crippen molar-refractivity contribution in [2.75, 3.05) is 30.8 Å². The number of likely N-dealkylation sites (tertiary alicyclic amines) is 1. The number of nitrogens with zero attached hydrogens (tertiary/aromatic N) is 2. The number of nitrogens with one attached hydrogen (secondary N) is 1. The van der Waals surface area contributed by atoms with Gasteiger partial charge in [0.2, 0.25) is 0 Å². The zero-order valence-electron chi connectivity index (χ0n) is 13.0. The minimum atomic E-state index is -0.475. The molecule has 1 saturated heterocycles. The highest BCUT2D eigenvalue weighted by atomic mass is 32.2. The Labute approximate surface area is 150 Å². The summed E-state index contributed by atoms with van der Waals surface area (Å²) >= 11 is 6.52. The molecular weight excluding hydrogens is 346 g/mol. The highest BCUT2D eigenvalue weighted by molar-refractivity contribution is 8.23. The summed E-state index contributed by atoms with van der Waals surface area (Å²) in [5.74, 6) is -0.809. The first kappa shape index (κ1) is 18.2. The number of anilines is 1. The molecule has 1 heterocycles. The standard InChI is InChI=1S/C16H17N3O3S2/c17-9-12-3-5-13(6-4-12)18-14(20)10-22-15(21)11-24-16(23)19-7-1-2-8-19/h3-6H,1-2,7-8,10-11H2,(H,18,20). The van der Waals surface area contributed by atoms with Crippen LogP contribution in [-0.4, -0.2) is 46.5 Å². The van der Waals surface area contributed by atoms with Crippen molar-refractivity contribution in [2.45, 2.75) is 12.8 Å². The van der Waals surface area contributed by atoms with Gasteiger partial charge in [0.05, 0.1) is 17.4 Å². The molecular formula is C16H17N3O3S2. The number of rotatable bonds is 5. The van der Waals surface area contributed by atoms with E-state index in [1.807, 2.05) is 6.07 Å². The number of hydrogen-bond donors (Lipinski definition) is 1. The summed E-state index contributed by atoms with van der Waals surface area (Å²) < 4.78 is 5.63. The van der Waals surface area contributed by atoms with Crippen LogP contribution in [0.3, 0.4) is 0 Å². The van der Waals surface area contributed by atoms with Crippen molar-refractivity contribution in [2.24, 2.45) is 0 Å². The average molecular weight is 363 g/mol. The number of amides is 1. The summed E-state index contributed by atoms with van der Waals surface area (Å²) in [5.41, 5.74) is 1.05. The van der Waals surface area contributed by atoms with Crippen molar-refractivity contribution >= 4 is 45.9 Å². The predicted molar refractivity (Wildman–Crippen MR) is 96.6 cm³/mol. The van der Waals surface area contributed by atoms with Gasteiger partial charge in [-0.2, -0.15) is 5.26 Å². The molecule has 0 bridgehead atoms. The van der Waals surface area contributed by atoms with E-state index in [2.05, 4.69) is 10.2 Å². The maximum atomic E-state index is 11.7. The van der Waals surface area contributed by atoms with Crippen molar-refractivity contribution in [1.29, 1.82) is 5.26 Å². The van der Waals surface area contributed by atoms with E-state index in [1.165, 1.54) is 11.8 Å². The van der Waals surface area contributed by atoms with Gasteiger partial charge in [-0.15, -0.1) is 0 Å². The Morgan fingerprint density at radius 1 is 1.29 bits per heavy atom. The molecule has 1 aromatic carbocycles. The van der Waals surface area contributed by atoms with E-state index in [1.54, 1.807) is 24.3 Å². The van der Waals surface area contributed by atoms with E-state index in [9.17, 15) is 9.59 Å². The number of thioether (sulfide) groups is 1. The largest absolute Gasteiger partial charge is 0.455 e. The van der Waals surface area contributed by atoms with Crippen LogP contribution in [0.2, 0.25) is 0 Å². The quantitative estimate of drug-likeness (QED) is 0.634. The van der Waals surface area contributed by atoms with Crippen molar-refractivity contribution in [3.8, 4) is 6.07 Å². The minimum absolute atomic E-state index is 0.0967. The summed E-state index contributed by atoms with van der Waals surface area (Å²) in [6.45, 7) is 1.53. The van der Waals surface area contributed by atoms with Gasteiger partial charge < -0.3 is 15.0 Å². The van der Waals surface area contributed by atoms with E-state index in [4.69, 9.17) is 22.2 Å². The smallest absolute Gasteiger partial charge is 0.316 e. The maximum Gasteiger partial charge on any atom is 0.316 e. The lowest BCUT2D eigenvalue weighted by Gasteiger charge is -2.17. The average Bonchev–Trinajstić information content (AvgIpc) is 3.13. The van der Waals surface area contributed by atoms with E-state index in [-0.39, 0.29) is 12.4 Å². The van der Waals surface area contributed by atoms with Crippen LogP contribution in [0.5, 0.6) is 0 Å². The van der Waals surface area contributed by atoms with Crippen molar-refractivity contribution in [3.05, 3.63) is 29.8 Å². The summed E-state index contributed by atoms with van der Waals surface area (Å²) in [4.78, 5) is 25.5. The third-order valence-corrected chi connectivity index (χ3v) is 4.84. The first-order chi connectivity index (χ1) is 11.6. The van der Waals surface area contributed by atoms with E-state index < -0.39 is 11.9 Å². The molecule has 0 radical (unpaired) electrons. The molecule has 0 unspecified atom stereocenters. The van der Waals surface area contributed by atoms with E-state index in [0.29, 0.717) is 15.6 Å². The fraction of sp³-hybridized carbons (Fsp3) is 0.375. The summed E-state index contributed by atoms with van der Waals surface area (Å²) in [7, 11) is 0. The molecule has 0 atom stereocenters. The molecule has 8 heteroatoms. The molecule has 1 aliphatic rings. The number of nitriles is 1. The van der Waals surface area contributed by atoms with Crippen LogP contribution in [-0.2, 0) is 14.3 Å². The van der Waals surface area contributed by atoms with Gasteiger partial charge in [0, 0.05) is 18.8 Å². The van der Waals surface area contributed by atoms with E-state index >= 15 is 0 Å². The Morgan fingerprint density at radius 2 is 1.96 bits per heavy atom. The molecule has 2 rings (SSSR count). The molecule has 1 amide bonds. The second-order valence-corrected chi connectivity index (χ2v) is 6.76. The number of carbonyl (C=O) groups excluding carboxylic acids is 2. The summed E-state index contributed by atoms with van der Waals surface area (Å²) in [5, 5.41) is 11.3.